The van der Waals surface area contributed by atoms with Crippen LogP contribution in [0.1, 0.15) is 0 Å². The Hall–Kier alpha value is -1.40. The van der Waals surface area contributed by atoms with Crippen molar-refractivity contribution in [2.24, 2.45) is 0 Å². The molecule has 6 heteroatoms. The van der Waals surface area contributed by atoms with Crippen molar-refractivity contribution in [3.63, 3.8) is 0 Å². The number of methoxy groups -OCH3 is 2. The maximum atomic E-state index is 5.02. The molecule has 0 spiro atoms. The number of hydrogen-bond acceptors (Lipinski definition) is 6. The second kappa shape index (κ2) is 7.81. The Labute approximate surface area is 102 Å². The summed E-state index contributed by atoms with van der Waals surface area (Å²) >= 11 is 0. The van der Waals surface area contributed by atoms with E-state index in [0.29, 0.717) is 5.88 Å². The smallest absolute Gasteiger partial charge is 0.218 e. The Morgan fingerprint density at radius 3 is 2.82 bits per heavy atom. The molecule has 0 unspecified atom stereocenters. The number of anilines is 1. The number of aromatic nitrogens is 2. The minimum absolute atomic E-state index is 0.565. The predicted molar refractivity (Wildman–Crippen MR) is 66.4 cm³/mol. The van der Waals surface area contributed by atoms with Gasteiger partial charge >= 0.3 is 0 Å². The Morgan fingerprint density at radius 1 is 1.29 bits per heavy atom. The number of hydrogen-bond donors (Lipinski definition) is 1. The molecule has 96 valence electrons. The molecule has 0 saturated heterocycles. The van der Waals surface area contributed by atoms with Gasteiger partial charge in [0.25, 0.3) is 0 Å². The third-order valence-electron chi connectivity index (χ3n) is 2.33. The highest BCUT2D eigenvalue weighted by atomic mass is 16.5. The molecule has 0 aliphatic rings. The first-order valence-electron chi connectivity index (χ1n) is 5.53. The minimum atomic E-state index is 0.565. The lowest BCUT2D eigenvalue weighted by Crippen LogP contribution is -2.28. The molecule has 0 aliphatic heterocycles. The standard InChI is InChI=1S/C11H20N4O2/c1-15(6-7-16-2)5-4-12-10-8-11(17-3)14-9-13-10/h8-9H,4-7H2,1-3H3,(H,12,13,14). The van der Waals surface area contributed by atoms with Crippen LogP contribution in [0.25, 0.3) is 0 Å². The topological polar surface area (TPSA) is 59.5 Å². The quantitative estimate of drug-likeness (QED) is 0.713. The maximum Gasteiger partial charge on any atom is 0.218 e. The molecule has 0 fully saturated rings. The summed E-state index contributed by atoms with van der Waals surface area (Å²) in [6.45, 7) is 3.42. The lowest BCUT2D eigenvalue weighted by Gasteiger charge is -2.16. The Morgan fingerprint density at radius 2 is 2.12 bits per heavy atom. The van der Waals surface area contributed by atoms with Gasteiger partial charge in [-0.3, -0.25) is 0 Å². The molecule has 0 aliphatic carbocycles. The zero-order valence-electron chi connectivity index (χ0n) is 10.6. The molecule has 0 saturated carbocycles. The largest absolute Gasteiger partial charge is 0.481 e. The Balaban J connectivity index is 2.25. The zero-order chi connectivity index (χ0) is 12.5. The summed E-state index contributed by atoms with van der Waals surface area (Å²) in [5, 5.41) is 3.21. The molecule has 0 atom stereocenters. The second-order valence-corrected chi connectivity index (χ2v) is 3.67. The average Bonchev–Trinajstić information content (AvgIpc) is 2.36. The molecule has 1 aromatic rings. The fourth-order valence-electron chi connectivity index (χ4n) is 1.28. The first-order chi connectivity index (χ1) is 8.26. The Bertz CT molecular complexity index is 322. The van der Waals surface area contributed by atoms with Crippen molar-refractivity contribution < 1.29 is 9.47 Å². The van der Waals surface area contributed by atoms with E-state index in [2.05, 4.69) is 27.2 Å². The van der Waals surface area contributed by atoms with Gasteiger partial charge in [-0.25, -0.2) is 9.97 Å². The number of nitrogens with zero attached hydrogens (tertiary/aromatic N) is 3. The highest BCUT2D eigenvalue weighted by Gasteiger charge is 2.00. The first-order valence-corrected chi connectivity index (χ1v) is 5.53. The van der Waals surface area contributed by atoms with Gasteiger partial charge in [0, 0.05) is 32.8 Å². The molecule has 17 heavy (non-hydrogen) atoms. The number of ether oxygens (including phenoxy) is 2. The van der Waals surface area contributed by atoms with E-state index >= 15 is 0 Å². The summed E-state index contributed by atoms with van der Waals surface area (Å²) in [4.78, 5) is 10.2. The third kappa shape index (κ3) is 5.46. The summed E-state index contributed by atoms with van der Waals surface area (Å²) in [6, 6.07) is 1.77. The third-order valence-corrected chi connectivity index (χ3v) is 2.33. The minimum Gasteiger partial charge on any atom is -0.481 e. The fourth-order valence-corrected chi connectivity index (χ4v) is 1.28. The molecule has 0 radical (unpaired) electrons. The monoisotopic (exact) mass is 240 g/mol. The fraction of sp³-hybridized carbons (Fsp3) is 0.636. The zero-order valence-corrected chi connectivity index (χ0v) is 10.6. The molecule has 6 nitrogen and oxygen atoms in total. The van der Waals surface area contributed by atoms with E-state index in [1.807, 2.05) is 0 Å². The van der Waals surface area contributed by atoms with Crippen molar-refractivity contribution in [1.82, 2.24) is 14.9 Å². The normalized spacial score (nSPS) is 10.6. The van der Waals surface area contributed by atoms with Crippen LogP contribution in [0.2, 0.25) is 0 Å². The number of likely N-dealkylation sites (N-methyl/N-ethyl adjacent to an activating group) is 1. The van der Waals surface area contributed by atoms with Crippen molar-refractivity contribution in [1.29, 1.82) is 0 Å². The SMILES string of the molecule is COCCN(C)CCNc1cc(OC)ncn1. The van der Waals surface area contributed by atoms with Gasteiger partial charge in [0.2, 0.25) is 5.88 Å². The van der Waals surface area contributed by atoms with Crippen LogP contribution < -0.4 is 10.1 Å². The first kappa shape index (κ1) is 13.7. The molecule has 0 aromatic carbocycles. The van der Waals surface area contributed by atoms with E-state index in [1.165, 1.54) is 6.33 Å². The van der Waals surface area contributed by atoms with Crippen molar-refractivity contribution in [3.05, 3.63) is 12.4 Å². The Kier molecular flexibility index (Phi) is 6.27. The predicted octanol–water partition coefficient (Wildman–Crippen LogP) is 0.475. The highest BCUT2D eigenvalue weighted by Crippen LogP contribution is 2.09. The van der Waals surface area contributed by atoms with Crippen molar-refractivity contribution in [2.45, 2.75) is 0 Å². The lowest BCUT2D eigenvalue weighted by molar-refractivity contribution is 0.163. The summed E-state index contributed by atoms with van der Waals surface area (Å²) in [5.74, 6) is 1.34. The molecule has 1 rings (SSSR count). The van der Waals surface area contributed by atoms with Crippen LogP contribution in [-0.2, 0) is 4.74 Å². The summed E-state index contributed by atoms with van der Waals surface area (Å²) in [6.07, 6.45) is 1.48. The summed E-state index contributed by atoms with van der Waals surface area (Å²) in [7, 11) is 5.35. The molecule has 1 aromatic heterocycles. The van der Waals surface area contributed by atoms with E-state index in [0.717, 1.165) is 32.1 Å². The van der Waals surface area contributed by atoms with Crippen LogP contribution >= 0.6 is 0 Å². The van der Waals surface area contributed by atoms with Gasteiger partial charge in [-0.15, -0.1) is 0 Å². The molecule has 0 amide bonds. The van der Waals surface area contributed by atoms with Gasteiger partial charge in [-0.2, -0.15) is 0 Å². The molecular formula is C11H20N4O2. The van der Waals surface area contributed by atoms with E-state index in [-0.39, 0.29) is 0 Å². The summed E-state index contributed by atoms with van der Waals surface area (Å²) < 4.78 is 10.0. The van der Waals surface area contributed by atoms with Gasteiger partial charge in [-0.05, 0) is 7.05 Å². The van der Waals surface area contributed by atoms with Crippen LogP contribution in [0.5, 0.6) is 5.88 Å². The van der Waals surface area contributed by atoms with Crippen LogP contribution in [0.15, 0.2) is 12.4 Å². The van der Waals surface area contributed by atoms with E-state index < -0.39 is 0 Å². The molecule has 1 N–H and O–H groups in total. The lowest BCUT2D eigenvalue weighted by atomic mass is 10.5. The number of nitrogens with one attached hydrogen (secondary N) is 1. The highest BCUT2D eigenvalue weighted by molar-refractivity contribution is 5.36. The molecule has 0 bridgehead atoms. The van der Waals surface area contributed by atoms with Crippen molar-refractivity contribution in [3.8, 4) is 5.88 Å². The van der Waals surface area contributed by atoms with E-state index in [1.54, 1.807) is 20.3 Å². The number of rotatable bonds is 8. The second-order valence-electron chi connectivity index (χ2n) is 3.67. The maximum absolute atomic E-state index is 5.02. The van der Waals surface area contributed by atoms with Crippen LogP contribution in [0, 0.1) is 0 Å². The van der Waals surface area contributed by atoms with Crippen LogP contribution in [0.4, 0.5) is 5.82 Å². The van der Waals surface area contributed by atoms with Crippen LogP contribution in [0.3, 0.4) is 0 Å². The van der Waals surface area contributed by atoms with Gasteiger partial charge in [-0.1, -0.05) is 0 Å². The van der Waals surface area contributed by atoms with E-state index in [9.17, 15) is 0 Å². The van der Waals surface area contributed by atoms with E-state index in [4.69, 9.17) is 9.47 Å². The van der Waals surface area contributed by atoms with Gasteiger partial charge in [0.1, 0.15) is 12.1 Å². The molecule has 1 heterocycles. The molecular weight excluding hydrogens is 220 g/mol. The van der Waals surface area contributed by atoms with Crippen LogP contribution in [-0.4, -0.2) is 62.4 Å². The van der Waals surface area contributed by atoms with Gasteiger partial charge in [0.15, 0.2) is 0 Å². The van der Waals surface area contributed by atoms with Crippen molar-refractivity contribution in [2.75, 3.05) is 52.8 Å². The average molecular weight is 240 g/mol. The van der Waals surface area contributed by atoms with Gasteiger partial charge in [0.05, 0.1) is 13.7 Å². The van der Waals surface area contributed by atoms with Gasteiger partial charge < -0.3 is 19.7 Å². The van der Waals surface area contributed by atoms with Crippen molar-refractivity contribution >= 4 is 5.82 Å². The summed E-state index contributed by atoms with van der Waals surface area (Å²) in [5.41, 5.74) is 0.